The van der Waals surface area contributed by atoms with Gasteiger partial charge in [0.2, 0.25) is 0 Å². The number of fused-ring (bicyclic) bond motifs is 1. The van der Waals surface area contributed by atoms with E-state index in [0.29, 0.717) is 5.52 Å². The molecule has 9 heteroatoms. The molecule has 0 bridgehead atoms. The van der Waals surface area contributed by atoms with Crippen molar-refractivity contribution in [2.75, 3.05) is 12.4 Å². The zero-order valence-corrected chi connectivity index (χ0v) is 13.6. The summed E-state index contributed by atoms with van der Waals surface area (Å²) in [4.78, 5) is 28.4. The molecule has 0 saturated carbocycles. The van der Waals surface area contributed by atoms with Crippen LogP contribution >= 0.6 is 11.6 Å². The highest BCUT2D eigenvalue weighted by atomic mass is 35.5. The highest BCUT2D eigenvalue weighted by Crippen LogP contribution is 2.26. The largest absolute Gasteiger partial charge is 0.465 e. The van der Waals surface area contributed by atoms with E-state index >= 15 is 0 Å². The van der Waals surface area contributed by atoms with E-state index in [1.807, 2.05) is 6.07 Å². The van der Waals surface area contributed by atoms with Crippen molar-refractivity contribution in [3.05, 3.63) is 52.4 Å². The van der Waals surface area contributed by atoms with Crippen LogP contribution in [-0.4, -0.2) is 34.2 Å². The summed E-state index contributed by atoms with van der Waals surface area (Å²) in [7, 11) is 1.20. The predicted molar refractivity (Wildman–Crippen MR) is 89.3 cm³/mol. The Morgan fingerprint density at radius 3 is 2.84 bits per heavy atom. The fraction of sp³-hybridized carbons (Fsp3) is 0.0625. The molecule has 0 aliphatic rings. The van der Waals surface area contributed by atoms with Crippen LogP contribution in [0.1, 0.15) is 26.4 Å². The molecule has 0 radical (unpaired) electrons. The maximum absolute atomic E-state index is 12.4. The topological polar surface area (TPSA) is 121 Å². The van der Waals surface area contributed by atoms with Crippen LogP contribution in [-0.2, 0) is 4.74 Å². The van der Waals surface area contributed by atoms with E-state index in [2.05, 4.69) is 25.2 Å². The molecule has 25 heavy (non-hydrogen) atoms. The Morgan fingerprint density at radius 1 is 1.32 bits per heavy atom. The average Bonchev–Trinajstić information content (AvgIpc) is 3.09. The summed E-state index contributed by atoms with van der Waals surface area (Å²) in [5, 5.41) is 19.1. The number of carbonyl (C=O) groups is 2. The van der Waals surface area contributed by atoms with Crippen molar-refractivity contribution in [3.63, 3.8) is 0 Å². The van der Waals surface area contributed by atoms with Gasteiger partial charge in [0.25, 0.3) is 5.91 Å². The number of anilines is 1. The fourth-order valence-electron chi connectivity index (χ4n) is 2.19. The number of H-pyrrole nitrogens is 1. The molecular weight excluding hydrogens is 346 g/mol. The highest BCUT2D eigenvalue weighted by Gasteiger charge is 2.19. The first-order chi connectivity index (χ1) is 12.0. The SMILES string of the molecule is COC(=O)c1cc(C#N)c(Cl)cc1NC(=O)c1cc2[nH]ncc2cn1. The van der Waals surface area contributed by atoms with Gasteiger partial charge < -0.3 is 10.1 Å². The summed E-state index contributed by atoms with van der Waals surface area (Å²) in [6, 6.07) is 5.97. The van der Waals surface area contributed by atoms with Gasteiger partial charge in [0.1, 0.15) is 11.8 Å². The van der Waals surface area contributed by atoms with Crippen molar-refractivity contribution in [2.45, 2.75) is 0 Å². The van der Waals surface area contributed by atoms with E-state index < -0.39 is 11.9 Å². The lowest BCUT2D eigenvalue weighted by atomic mass is 10.1. The van der Waals surface area contributed by atoms with Gasteiger partial charge in [0.05, 0.1) is 40.7 Å². The number of rotatable bonds is 3. The molecule has 0 aliphatic heterocycles. The number of hydrogen-bond acceptors (Lipinski definition) is 6. The van der Waals surface area contributed by atoms with Crippen molar-refractivity contribution in [1.82, 2.24) is 15.2 Å². The number of methoxy groups -OCH3 is 1. The molecule has 8 nitrogen and oxygen atoms in total. The quantitative estimate of drug-likeness (QED) is 0.696. The van der Waals surface area contributed by atoms with Gasteiger partial charge in [-0.2, -0.15) is 10.4 Å². The van der Waals surface area contributed by atoms with Crippen molar-refractivity contribution in [3.8, 4) is 6.07 Å². The molecular formula is C16H10ClN5O3. The number of benzene rings is 1. The van der Waals surface area contributed by atoms with Crippen LogP contribution in [0.25, 0.3) is 10.9 Å². The van der Waals surface area contributed by atoms with Gasteiger partial charge in [-0.15, -0.1) is 0 Å². The molecule has 0 fully saturated rings. The summed E-state index contributed by atoms with van der Waals surface area (Å²) >= 11 is 5.99. The Morgan fingerprint density at radius 2 is 2.12 bits per heavy atom. The summed E-state index contributed by atoms with van der Waals surface area (Å²) in [5.74, 6) is -1.26. The second-order valence-corrected chi connectivity index (χ2v) is 5.37. The maximum atomic E-state index is 12.4. The normalized spacial score (nSPS) is 10.3. The summed E-state index contributed by atoms with van der Waals surface area (Å²) < 4.78 is 4.68. The summed E-state index contributed by atoms with van der Waals surface area (Å²) in [6.07, 6.45) is 3.08. The molecule has 0 unspecified atom stereocenters. The van der Waals surface area contributed by atoms with Gasteiger partial charge in [-0.25, -0.2) is 4.79 Å². The predicted octanol–water partition coefficient (Wildman–Crippen LogP) is 2.52. The summed E-state index contributed by atoms with van der Waals surface area (Å²) in [6.45, 7) is 0. The van der Waals surface area contributed by atoms with Crippen LogP contribution in [0.2, 0.25) is 5.02 Å². The van der Waals surface area contributed by atoms with Gasteiger partial charge in [-0.3, -0.25) is 14.9 Å². The van der Waals surface area contributed by atoms with Crippen molar-refractivity contribution in [2.24, 2.45) is 0 Å². The molecule has 0 aliphatic carbocycles. The number of amides is 1. The standard InChI is InChI=1S/C16H10ClN5O3/c1-25-16(24)10-2-8(5-18)11(17)3-13(10)21-15(23)14-4-12-9(6-19-14)7-20-22-12/h2-4,6-7H,1H3,(H,20,22)(H,21,23). The number of nitriles is 1. The van der Waals surface area contributed by atoms with Crippen molar-refractivity contribution in [1.29, 1.82) is 5.26 Å². The second-order valence-electron chi connectivity index (χ2n) is 4.96. The van der Waals surface area contributed by atoms with Crippen LogP contribution in [0.15, 0.2) is 30.6 Å². The number of hydrogen-bond donors (Lipinski definition) is 2. The number of aromatic nitrogens is 3. The third-order valence-corrected chi connectivity index (χ3v) is 3.75. The third-order valence-electron chi connectivity index (χ3n) is 3.44. The van der Waals surface area contributed by atoms with Gasteiger partial charge in [0.15, 0.2) is 0 Å². The van der Waals surface area contributed by atoms with E-state index in [0.717, 1.165) is 5.39 Å². The molecule has 0 atom stereocenters. The minimum Gasteiger partial charge on any atom is -0.465 e. The van der Waals surface area contributed by atoms with E-state index in [1.54, 1.807) is 6.20 Å². The number of nitrogens with zero attached hydrogens (tertiary/aromatic N) is 3. The number of esters is 1. The second kappa shape index (κ2) is 6.59. The Hall–Kier alpha value is -3.44. The number of carbonyl (C=O) groups excluding carboxylic acids is 2. The van der Waals surface area contributed by atoms with Crippen LogP contribution in [0.5, 0.6) is 0 Å². The molecule has 3 aromatic rings. The number of ether oxygens (including phenoxy) is 1. The van der Waals surface area contributed by atoms with Crippen molar-refractivity contribution < 1.29 is 14.3 Å². The lowest BCUT2D eigenvalue weighted by Crippen LogP contribution is -2.17. The smallest absolute Gasteiger partial charge is 0.340 e. The zero-order valence-electron chi connectivity index (χ0n) is 12.8. The number of nitrogens with one attached hydrogen (secondary N) is 2. The van der Waals surface area contributed by atoms with E-state index in [4.69, 9.17) is 16.9 Å². The lowest BCUT2D eigenvalue weighted by molar-refractivity contribution is 0.0602. The molecule has 124 valence electrons. The monoisotopic (exact) mass is 355 g/mol. The Labute approximate surface area is 146 Å². The van der Waals surface area contributed by atoms with E-state index in [-0.39, 0.29) is 27.5 Å². The Balaban J connectivity index is 1.98. The van der Waals surface area contributed by atoms with Crippen LogP contribution in [0, 0.1) is 11.3 Å². The van der Waals surface area contributed by atoms with E-state index in [9.17, 15) is 9.59 Å². The lowest BCUT2D eigenvalue weighted by Gasteiger charge is -2.11. The minimum absolute atomic E-state index is 0.0134. The first kappa shape index (κ1) is 16.4. The Bertz CT molecular complexity index is 1040. The first-order valence-electron chi connectivity index (χ1n) is 6.96. The highest BCUT2D eigenvalue weighted by molar-refractivity contribution is 6.32. The van der Waals surface area contributed by atoms with Crippen LogP contribution < -0.4 is 5.32 Å². The number of halogens is 1. The van der Waals surface area contributed by atoms with Gasteiger partial charge in [0, 0.05) is 11.6 Å². The first-order valence-corrected chi connectivity index (χ1v) is 7.33. The van der Waals surface area contributed by atoms with E-state index in [1.165, 1.54) is 31.5 Å². The van der Waals surface area contributed by atoms with Crippen molar-refractivity contribution >= 4 is 40.1 Å². The van der Waals surface area contributed by atoms with Gasteiger partial charge in [-0.1, -0.05) is 11.6 Å². The zero-order chi connectivity index (χ0) is 18.0. The number of pyridine rings is 1. The fourth-order valence-corrected chi connectivity index (χ4v) is 2.39. The molecule has 1 amide bonds. The molecule has 1 aromatic carbocycles. The Kier molecular flexibility index (Phi) is 4.33. The molecule has 0 saturated heterocycles. The number of aromatic amines is 1. The molecule has 2 heterocycles. The molecule has 0 spiro atoms. The molecule has 2 aromatic heterocycles. The van der Waals surface area contributed by atoms with Crippen LogP contribution in [0.4, 0.5) is 5.69 Å². The van der Waals surface area contributed by atoms with Gasteiger partial charge in [-0.05, 0) is 18.2 Å². The summed E-state index contributed by atoms with van der Waals surface area (Å²) in [5.41, 5.74) is 0.989. The average molecular weight is 356 g/mol. The van der Waals surface area contributed by atoms with Gasteiger partial charge >= 0.3 is 5.97 Å². The molecule has 3 rings (SSSR count). The maximum Gasteiger partial charge on any atom is 0.340 e. The third kappa shape index (κ3) is 3.13. The molecule has 2 N–H and O–H groups in total. The van der Waals surface area contributed by atoms with Crippen LogP contribution in [0.3, 0.4) is 0 Å². The minimum atomic E-state index is -0.708.